The van der Waals surface area contributed by atoms with Crippen molar-refractivity contribution in [2.45, 2.75) is 0 Å². The SMILES string of the molecule is [113Sn+4].[Cl-].[Cl-].[Cl-].[Cl-]. The first-order valence-electron chi connectivity index (χ1n) is 0. The topological polar surface area (TPSA) is 0 Å². The molecule has 0 atom stereocenters. The summed E-state index contributed by atoms with van der Waals surface area (Å²) in [6.45, 7) is 0. The average molecular weight is 255 g/mol. The molecule has 0 saturated carbocycles. The van der Waals surface area contributed by atoms with E-state index in [0.717, 1.165) is 0 Å². The van der Waals surface area contributed by atoms with Crippen molar-refractivity contribution in [3.05, 3.63) is 0 Å². The first kappa shape index (κ1) is 64.4. The Hall–Kier alpha value is 1.96. The van der Waals surface area contributed by atoms with Gasteiger partial charge in [0.05, 0.1) is 0 Å². The zero-order valence-electron chi connectivity index (χ0n) is 2.01. The Bertz CT molecular complexity index is 3.61. The molecule has 0 spiro atoms. The quantitative estimate of drug-likeness (QED) is 0.377. The maximum Gasteiger partial charge on any atom is 4.00 e. The van der Waals surface area contributed by atoms with Gasteiger partial charge in [-0.25, -0.2) is 0 Å². The van der Waals surface area contributed by atoms with Crippen LogP contribution in [0.4, 0.5) is 0 Å². The van der Waals surface area contributed by atoms with Crippen LogP contribution >= 0.6 is 0 Å². The molecule has 0 fully saturated rings. The van der Waals surface area contributed by atoms with Crippen molar-refractivity contribution in [1.82, 2.24) is 0 Å². The summed E-state index contributed by atoms with van der Waals surface area (Å²) in [6, 6.07) is 0. The van der Waals surface area contributed by atoms with Crippen molar-refractivity contribution in [2.75, 3.05) is 0 Å². The third kappa shape index (κ3) is 24.3. The van der Waals surface area contributed by atoms with Crippen LogP contribution in [0, 0.1) is 0 Å². The molecule has 32 valence electrons. The van der Waals surface area contributed by atoms with Crippen LogP contribution in [0.5, 0.6) is 0 Å². The summed E-state index contributed by atoms with van der Waals surface area (Å²) in [6.07, 6.45) is 0. The van der Waals surface area contributed by atoms with Gasteiger partial charge >= 0.3 is 23.9 Å². The predicted octanol–water partition coefficient (Wildman–Crippen LogP) is -12.4. The Morgan fingerprint density at radius 1 is 0.400 bits per heavy atom. The largest absolute Gasteiger partial charge is 4.00 e. The van der Waals surface area contributed by atoms with Gasteiger partial charge in [-0.05, 0) is 0 Å². The van der Waals surface area contributed by atoms with Crippen LogP contribution in [-0.2, 0) is 0 Å². The van der Waals surface area contributed by atoms with Gasteiger partial charge in [-0.15, -0.1) is 0 Å². The standard InChI is InChI=1S/4ClH.Sn/h4*1H;/q;;;;+4/p-4/i;;;;1-6. The maximum atomic E-state index is 0. The summed E-state index contributed by atoms with van der Waals surface area (Å²) < 4.78 is 0. The second-order valence-electron chi connectivity index (χ2n) is 0. The third-order valence-electron chi connectivity index (χ3n) is 0. The van der Waals surface area contributed by atoms with E-state index in [1.54, 1.807) is 0 Å². The molecule has 0 bridgehead atoms. The van der Waals surface area contributed by atoms with Crippen molar-refractivity contribution >= 4 is 23.9 Å². The van der Waals surface area contributed by atoms with Gasteiger partial charge in [0, 0.05) is 0 Å². The van der Waals surface area contributed by atoms with Gasteiger partial charge in [0.15, 0.2) is 0 Å². The van der Waals surface area contributed by atoms with Crippen LogP contribution in [-0.4, -0.2) is 23.9 Å². The molecule has 5 heteroatoms. The Kier molecular flexibility index (Phi) is 492. The van der Waals surface area contributed by atoms with Gasteiger partial charge in [0.1, 0.15) is 0 Å². The molecule has 0 nitrogen and oxygen atoms in total. The Morgan fingerprint density at radius 2 is 0.400 bits per heavy atom. The third-order valence-corrected chi connectivity index (χ3v) is 0. The molecule has 0 rings (SSSR count). The Morgan fingerprint density at radius 3 is 0.400 bits per heavy atom. The summed E-state index contributed by atoms with van der Waals surface area (Å²) in [5, 5.41) is 0. The molecule has 0 heterocycles. The van der Waals surface area contributed by atoms with Crippen molar-refractivity contribution < 1.29 is 49.6 Å². The summed E-state index contributed by atoms with van der Waals surface area (Å²) in [7, 11) is 0. The molecule has 0 aromatic rings. The van der Waals surface area contributed by atoms with E-state index in [1.165, 1.54) is 0 Å². The van der Waals surface area contributed by atoms with E-state index >= 15 is 0 Å². The van der Waals surface area contributed by atoms with Crippen molar-refractivity contribution in [3.63, 3.8) is 0 Å². The fourth-order valence-electron chi connectivity index (χ4n) is 0. The van der Waals surface area contributed by atoms with Crippen LogP contribution in [0.2, 0.25) is 0 Å². The first-order valence-corrected chi connectivity index (χ1v) is 0. The molecular formula is Cl4Sn. The van der Waals surface area contributed by atoms with E-state index in [2.05, 4.69) is 0 Å². The normalized spacial score (nSPS) is 0. The van der Waals surface area contributed by atoms with E-state index in [4.69, 9.17) is 0 Å². The minimum Gasteiger partial charge on any atom is -1.00 e. The molecule has 0 aromatic carbocycles. The van der Waals surface area contributed by atoms with Crippen LogP contribution in [0.25, 0.3) is 0 Å². The Labute approximate surface area is 73.1 Å². The van der Waals surface area contributed by atoms with Gasteiger partial charge < -0.3 is 49.6 Å². The molecule has 0 aromatic heterocycles. The van der Waals surface area contributed by atoms with Crippen molar-refractivity contribution in [1.29, 1.82) is 0 Å². The summed E-state index contributed by atoms with van der Waals surface area (Å²) in [4.78, 5) is 0. The molecule has 0 aliphatic rings. The molecule has 0 saturated heterocycles. The van der Waals surface area contributed by atoms with Gasteiger partial charge in [-0.1, -0.05) is 0 Å². The Balaban J connectivity index is 0. The molecule has 0 aliphatic carbocycles. The van der Waals surface area contributed by atoms with E-state index in [0.29, 0.717) is 0 Å². The van der Waals surface area contributed by atoms with Crippen LogP contribution in [0.3, 0.4) is 0 Å². The van der Waals surface area contributed by atoms with Gasteiger partial charge in [0.25, 0.3) is 0 Å². The monoisotopic (exact) mass is 253 g/mol. The second-order valence-corrected chi connectivity index (χ2v) is 0. The number of rotatable bonds is 0. The van der Waals surface area contributed by atoms with E-state index < -0.39 is 0 Å². The molecule has 5 heavy (non-hydrogen) atoms. The van der Waals surface area contributed by atoms with Crippen LogP contribution in [0.15, 0.2) is 0 Å². The fraction of sp³-hybridized carbons (Fsp3) is 0. The molecule has 0 aliphatic heterocycles. The van der Waals surface area contributed by atoms with Crippen molar-refractivity contribution in [2.24, 2.45) is 0 Å². The molecule has 0 amide bonds. The predicted molar refractivity (Wildman–Crippen MR) is 5.75 cm³/mol. The molecular weight excluding hydrogens is 255 g/mol. The van der Waals surface area contributed by atoms with E-state index in [1.807, 2.05) is 0 Å². The van der Waals surface area contributed by atoms with Gasteiger partial charge in [0.2, 0.25) is 0 Å². The van der Waals surface area contributed by atoms with Crippen molar-refractivity contribution in [3.8, 4) is 0 Å². The smallest absolute Gasteiger partial charge is 1.00 e. The molecule has 0 N–H and O–H groups in total. The zero-order valence-corrected chi connectivity index (χ0v) is 7.89. The summed E-state index contributed by atoms with van der Waals surface area (Å²) in [5.41, 5.74) is 0. The minimum atomic E-state index is 0. The van der Waals surface area contributed by atoms with Crippen LogP contribution < -0.4 is 49.6 Å². The molecule has 0 radical (unpaired) electrons. The first-order chi connectivity index (χ1) is 0. The average Bonchev–Trinajstić information content (AvgIpc) is 0. The molecule has 0 unspecified atom stereocenters. The number of halogens is 4. The number of hydrogen-bond donors (Lipinski definition) is 0. The zero-order chi connectivity index (χ0) is 0. The summed E-state index contributed by atoms with van der Waals surface area (Å²) in [5.74, 6) is 0. The van der Waals surface area contributed by atoms with Gasteiger partial charge in [-0.3, -0.25) is 0 Å². The van der Waals surface area contributed by atoms with Crippen LogP contribution in [0.1, 0.15) is 0 Å². The fourth-order valence-corrected chi connectivity index (χ4v) is 0. The second kappa shape index (κ2) is 38.2. The minimum absolute atomic E-state index is 0. The van der Waals surface area contributed by atoms with E-state index in [9.17, 15) is 0 Å². The van der Waals surface area contributed by atoms with Gasteiger partial charge in [-0.2, -0.15) is 0 Å². The summed E-state index contributed by atoms with van der Waals surface area (Å²) >= 11 is 0. The van der Waals surface area contributed by atoms with E-state index in [-0.39, 0.29) is 73.5 Å². The number of hydrogen-bond acceptors (Lipinski definition) is 0. The maximum absolute atomic E-state index is 0.